The lowest BCUT2D eigenvalue weighted by Crippen LogP contribution is -2.14. The number of amides is 1. The summed E-state index contributed by atoms with van der Waals surface area (Å²) in [5, 5.41) is 2.74. The monoisotopic (exact) mass is 306 g/mol. The summed E-state index contributed by atoms with van der Waals surface area (Å²) in [7, 11) is 0. The Bertz CT molecular complexity index is 583. The molecule has 1 aromatic carbocycles. The Hall–Kier alpha value is -1.95. The number of carbonyl (C=O) groups excluding carboxylic acids is 1. The van der Waals surface area contributed by atoms with Crippen LogP contribution in [0.15, 0.2) is 35.1 Å². The van der Waals surface area contributed by atoms with Crippen LogP contribution >= 0.6 is 15.9 Å². The molecule has 1 heterocycles. The van der Waals surface area contributed by atoms with E-state index in [1.165, 1.54) is 12.4 Å². The highest BCUT2D eigenvalue weighted by atomic mass is 79.9. The first-order valence-corrected chi connectivity index (χ1v) is 6.00. The summed E-state index contributed by atoms with van der Waals surface area (Å²) in [6, 6.07) is 5.65. The van der Waals surface area contributed by atoms with Gasteiger partial charge in [0.2, 0.25) is 0 Å². The van der Waals surface area contributed by atoms with Crippen LogP contribution in [-0.4, -0.2) is 15.9 Å². The van der Waals surface area contributed by atoms with Crippen LogP contribution < -0.4 is 11.1 Å². The number of nitrogens with zero attached hydrogens (tertiary/aromatic N) is 2. The van der Waals surface area contributed by atoms with Crippen LogP contribution in [0.2, 0.25) is 0 Å². The molecule has 0 aliphatic rings. The maximum absolute atomic E-state index is 11.9. The predicted octanol–water partition coefficient (Wildman–Crippen LogP) is 2.38. The van der Waals surface area contributed by atoms with Crippen LogP contribution in [-0.2, 0) is 0 Å². The molecule has 0 saturated heterocycles. The molecule has 0 atom stereocenters. The third-order valence-corrected chi connectivity index (χ3v) is 2.93. The molecule has 2 aromatic rings. The summed E-state index contributed by atoms with van der Waals surface area (Å²) in [5.41, 5.74) is 7.41. The van der Waals surface area contributed by atoms with Crippen molar-refractivity contribution in [3.8, 4) is 0 Å². The highest BCUT2D eigenvalue weighted by Gasteiger charge is 2.09. The Balaban J connectivity index is 2.18. The standard InChI is InChI=1S/C12H11BrN4O/c1-7-2-3-9(8(13)4-7)17-12(18)10-5-16-11(14)6-15-10/h2-6H,1H3,(H2,14,16)(H,17,18). The first kappa shape index (κ1) is 12.5. The zero-order valence-corrected chi connectivity index (χ0v) is 11.2. The largest absolute Gasteiger partial charge is 0.382 e. The number of rotatable bonds is 2. The lowest BCUT2D eigenvalue weighted by molar-refractivity contribution is 0.102. The van der Waals surface area contributed by atoms with Crippen molar-refractivity contribution in [1.29, 1.82) is 0 Å². The van der Waals surface area contributed by atoms with E-state index >= 15 is 0 Å². The smallest absolute Gasteiger partial charge is 0.275 e. The van der Waals surface area contributed by atoms with Gasteiger partial charge < -0.3 is 11.1 Å². The molecular weight excluding hydrogens is 296 g/mol. The fourth-order valence-electron chi connectivity index (χ4n) is 1.36. The van der Waals surface area contributed by atoms with Gasteiger partial charge in [0, 0.05) is 4.47 Å². The van der Waals surface area contributed by atoms with E-state index in [0.717, 1.165) is 10.0 Å². The van der Waals surface area contributed by atoms with Crippen molar-refractivity contribution in [2.24, 2.45) is 0 Å². The van der Waals surface area contributed by atoms with Gasteiger partial charge in [-0.2, -0.15) is 0 Å². The summed E-state index contributed by atoms with van der Waals surface area (Å²) in [6.07, 6.45) is 2.69. The quantitative estimate of drug-likeness (QED) is 0.892. The van der Waals surface area contributed by atoms with Gasteiger partial charge in [0.15, 0.2) is 0 Å². The number of nitrogens with one attached hydrogen (secondary N) is 1. The molecule has 0 spiro atoms. The predicted molar refractivity (Wildman–Crippen MR) is 73.3 cm³/mol. The molecule has 92 valence electrons. The molecule has 0 unspecified atom stereocenters. The van der Waals surface area contributed by atoms with Gasteiger partial charge in [-0.3, -0.25) is 4.79 Å². The summed E-state index contributed by atoms with van der Waals surface area (Å²) >= 11 is 3.39. The summed E-state index contributed by atoms with van der Waals surface area (Å²) in [5.74, 6) is -0.0462. The fourth-order valence-corrected chi connectivity index (χ4v) is 1.96. The van der Waals surface area contributed by atoms with Crippen LogP contribution in [0.25, 0.3) is 0 Å². The van der Waals surface area contributed by atoms with E-state index < -0.39 is 0 Å². The molecule has 1 amide bonds. The molecule has 0 saturated carbocycles. The second-order valence-corrected chi connectivity index (χ2v) is 4.62. The highest BCUT2D eigenvalue weighted by Crippen LogP contribution is 2.23. The van der Waals surface area contributed by atoms with Gasteiger partial charge in [-0.05, 0) is 40.5 Å². The van der Waals surface area contributed by atoms with Crippen molar-refractivity contribution < 1.29 is 4.79 Å². The number of nitrogens with two attached hydrogens (primary N) is 1. The van der Waals surface area contributed by atoms with Gasteiger partial charge in [0.1, 0.15) is 11.5 Å². The van der Waals surface area contributed by atoms with Crippen molar-refractivity contribution >= 4 is 33.3 Å². The highest BCUT2D eigenvalue weighted by molar-refractivity contribution is 9.10. The number of aryl methyl sites for hydroxylation is 1. The number of hydrogen-bond donors (Lipinski definition) is 2. The fraction of sp³-hybridized carbons (Fsp3) is 0.0833. The average Bonchev–Trinajstić information content (AvgIpc) is 2.33. The SMILES string of the molecule is Cc1ccc(NC(=O)c2cnc(N)cn2)c(Br)c1. The van der Waals surface area contributed by atoms with E-state index in [1.54, 1.807) is 0 Å². The molecule has 18 heavy (non-hydrogen) atoms. The zero-order chi connectivity index (χ0) is 13.1. The van der Waals surface area contributed by atoms with Crippen LogP contribution in [0.4, 0.5) is 11.5 Å². The molecule has 0 bridgehead atoms. The Morgan fingerprint density at radius 3 is 2.72 bits per heavy atom. The van der Waals surface area contributed by atoms with Crippen molar-refractivity contribution in [2.45, 2.75) is 6.92 Å². The first-order chi connectivity index (χ1) is 8.56. The Labute approximate surface area is 113 Å². The molecular formula is C12H11BrN4O. The van der Waals surface area contributed by atoms with Gasteiger partial charge in [0.25, 0.3) is 5.91 Å². The maximum atomic E-state index is 11.9. The Morgan fingerprint density at radius 2 is 2.11 bits per heavy atom. The molecule has 0 radical (unpaired) electrons. The van der Waals surface area contributed by atoms with Crippen LogP contribution in [0, 0.1) is 6.92 Å². The lowest BCUT2D eigenvalue weighted by atomic mass is 10.2. The minimum absolute atomic E-state index is 0.219. The van der Waals surface area contributed by atoms with E-state index in [9.17, 15) is 4.79 Å². The van der Waals surface area contributed by atoms with Crippen LogP contribution in [0.3, 0.4) is 0 Å². The first-order valence-electron chi connectivity index (χ1n) is 5.21. The topological polar surface area (TPSA) is 80.9 Å². The number of benzene rings is 1. The minimum Gasteiger partial charge on any atom is -0.382 e. The maximum Gasteiger partial charge on any atom is 0.275 e. The molecule has 0 fully saturated rings. The van der Waals surface area contributed by atoms with Gasteiger partial charge >= 0.3 is 0 Å². The molecule has 3 N–H and O–H groups in total. The lowest BCUT2D eigenvalue weighted by Gasteiger charge is -2.07. The second kappa shape index (κ2) is 5.14. The number of aromatic nitrogens is 2. The number of nitrogen functional groups attached to an aromatic ring is 1. The average molecular weight is 307 g/mol. The van der Waals surface area contributed by atoms with Crippen molar-refractivity contribution in [3.05, 3.63) is 46.3 Å². The number of anilines is 2. The molecule has 0 aliphatic carbocycles. The minimum atomic E-state index is -0.327. The molecule has 2 rings (SSSR count). The normalized spacial score (nSPS) is 10.1. The van der Waals surface area contributed by atoms with Gasteiger partial charge in [0.05, 0.1) is 18.1 Å². The van der Waals surface area contributed by atoms with Crippen LogP contribution in [0.5, 0.6) is 0 Å². The molecule has 5 nitrogen and oxygen atoms in total. The zero-order valence-electron chi connectivity index (χ0n) is 9.64. The van der Waals surface area contributed by atoms with Crippen molar-refractivity contribution in [2.75, 3.05) is 11.1 Å². The summed E-state index contributed by atoms with van der Waals surface area (Å²) < 4.78 is 0.819. The summed E-state index contributed by atoms with van der Waals surface area (Å²) in [6.45, 7) is 1.97. The molecule has 1 aromatic heterocycles. The number of halogens is 1. The van der Waals surface area contributed by atoms with E-state index in [0.29, 0.717) is 5.69 Å². The van der Waals surface area contributed by atoms with Gasteiger partial charge in [-0.15, -0.1) is 0 Å². The third kappa shape index (κ3) is 2.84. The Kier molecular flexibility index (Phi) is 3.57. The number of hydrogen-bond acceptors (Lipinski definition) is 4. The van der Waals surface area contributed by atoms with Crippen LogP contribution in [0.1, 0.15) is 16.1 Å². The van der Waals surface area contributed by atoms with Gasteiger partial charge in [-0.25, -0.2) is 9.97 Å². The third-order valence-electron chi connectivity index (χ3n) is 2.28. The number of carbonyl (C=O) groups is 1. The van der Waals surface area contributed by atoms with Crippen molar-refractivity contribution in [1.82, 2.24) is 9.97 Å². The van der Waals surface area contributed by atoms with E-state index in [1.807, 2.05) is 25.1 Å². The van der Waals surface area contributed by atoms with E-state index in [2.05, 4.69) is 31.2 Å². The van der Waals surface area contributed by atoms with E-state index in [-0.39, 0.29) is 17.4 Å². The Morgan fingerprint density at radius 1 is 1.33 bits per heavy atom. The summed E-state index contributed by atoms with van der Waals surface area (Å²) in [4.78, 5) is 19.6. The van der Waals surface area contributed by atoms with Crippen molar-refractivity contribution in [3.63, 3.8) is 0 Å². The van der Waals surface area contributed by atoms with E-state index in [4.69, 9.17) is 5.73 Å². The van der Waals surface area contributed by atoms with Gasteiger partial charge in [-0.1, -0.05) is 6.07 Å². The second-order valence-electron chi connectivity index (χ2n) is 3.76. The molecule has 6 heteroatoms. The molecule has 0 aliphatic heterocycles.